The second kappa shape index (κ2) is 3.51. The average molecular weight is 207 g/mol. The quantitative estimate of drug-likeness (QED) is 0.652. The summed E-state index contributed by atoms with van der Waals surface area (Å²) in [5, 5.41) is 9.64. The van der Waals surface area contributed by atoms with Crippen molar-refractivity contribution >= 4 is 17.3 Å². The Labute approximate surface area is 88.7 Å². The van der Waals surface area contributed by atoms with Crippen LogP contribution in [0.25, 0.3) is 0 Å². The molecule has 1 unspecified atom stereocenters. The van der Waals surface area contributed by atoms with Gasteiger partial charge in [0.05, 0.1) is 12.0 Å². The van der Waals surface area contributed by atoms with Crippen molar-refractivity contribution in [3.63, 3.8) is 0 Å². The predicted molar refractivity (Wildman–Crippen MR) is 57.5 cm³/mol. The van der Waals surface area contributed by atoms with E-state index in [1.165, 1.54) is 11.3 Å². The summed E-state index contributed by atoms with van der Waals surface area (Å²) in [6, 6.07) is 8.18. The second-order valence-electron chi connectivity index (χ2n) is 3.68. The van der Waals surface area contributed by atoms with E-state index in [9.17, 15) is 0 Å². The van der Waals surface area contributed by atoms with Gasteiger partial charge in [-0.25, -0.2) is 0 Å². The molecule has 3 heteroatoms. The Balaban J connectivity index is 2.41. The summed E-state index contributed by atoms with van der Waals surface area (Å²) in [5.74, 6) is 0.0889. The predicted octanol–water partition coefficient (Wildman–Crippen LogP) is 2.47. The maximum atomic E-state index is 8.89. The standard InChI is InChI=1S/C11H11ClN2/c1-14-7-8(6-13)4-9-5-10(12)2-3-11(9)14/h2-3,5,8H,4,7H2,1H3. The zero-order chi connectivity index (χ0) is 10.1. The van der Waals surface area contributed by atoms with E-state index in [-0.39, 0.29) is 5.92 Å². The van der Waals surface area contributed by atoms with Crippen LogP contribution >= 0.6 is 11.6 Å². The fourth-order valence-electron chi connectivity index (χ4n) is 1.94. The minimum Gasteiger partial charge on any atom is -0.373 e. The van der Waals surface area contributed by atoms with Crippen LogP contribution in [-0.2, 0) is 6.42 Å². The molecule has 0 aliphatic carbocycles. The first-order valence-electron chi connectivity index (χ1n) is 4.60. The van der Waals surface area contributed by atoms with Crippen LogP contribution in [0.4, 0.5) is 5.69 Å². The van der Waals surface area contributed by atoms with Crippen molar-refractivity contribution in [1.29, 1.82) is 5.26 Å². The third-order valence-electron chi connectivity index (χ3n) is 2.60. The summed E-state index contributed by atoms with van der Waals surface area (Å²) >= 11 is 5.91. The monoisotopic (exact) mass is 206 g/mol. The van der Waals surface area contributed by atoms with E-state index < -0.39 is 0 Å². The molecule has 0 spiro atoms. The molecule has 1 aromatic rings. The number of rotatable bonds is 0. The minimum absolute atomic E-state index is 0.0889. The molecule has 1 aliphatic rings. The summed E-state index contributed by atoms with van der Waals surface area (Å²) in [5.41, 5.74) is 2.37. The van der Waals surface area contributed by atoms with Gasteiger partial charge in [-0.05, 0) is 30.2 Å². The summed E-state index contributed by atoms with van der Waals surface area (Å²) in [7, 11) is 2.01. The van der Waals surface area contributed by atoms with Gasteiger partial charge < -0.3 is 4.90 Å². The number of nitriles is 1. The van der Waals surface area contributed by atoms with Crippen LogP contribution in [-0.4, -0.2) is 13.6 Å². The van der Waals surface area contributed by atoms with Crippen molar-refractivity contribution in [2.45, 2.75) is 6.42 Å². The molecule has 2 rings (SSSR count). The lowest BCUT2D eigenvalue weighted by molar-refractivity contribution is 0.619. The number of anilines is 1. The van der Waals surface area contributed by atoms with Gasteiger partial charge in [0.1, 0.15) is 0 Å². The van der Waals surface area contributed by atoms with E-state index in [4.69, 9.17) is 16.9 Å². The minimum atomic E-state index is 0.0889. The highest BCUT2D eigenvalue weighted by Gasteiger charge is 2.21. The number of benzene rings is 1. The lowest BCUT2D eigenvalue weighted by Crippen LogP contribution is -2.31. The van der Waals surface area contributed by atoms with Crippen LogP contribution in [0.1, 0.15) is 5.56 Å². The van der Waals surface area contributed by atoms with E-state index in [2.05, 4.69) is 11.0 Å². The van der Waals surface area contributed by atoms with Gasteiger partial charge in [0.25, 0.3) is 0 Å². The molecule has 0 saturated heterocycles. The average Bonchev–Trinajstić information content (AvgIpc) is 2.16. The van der Waals surface area contributed by atoms with E-state index in [0.29, 0.717) is 0 Å². The molecule has 0 bridgehead atoms. The number of nitrogens with zero attached hydrogens (tertiary/aromatic N) is 2. The maximum Gasteiger partial charge on any atom is 0.0679 e. The highest BCUT2D eigenvalue weighted by molar-refractivity contribution is 6.30. The zero-order valence-corrected chi connectivity index (χ0v) is 8.75. The molecule has 1 atom stereocenters. The first-order chi connectivity index (χ1) is 6.70. The van der Waals surface area contributed by atoms with Crippen molar-refractivity contribution in [1.82, 2.24) is 0 Å². The molecule has 72 valence electrons. The Morgan fingerprint density at radius 1 is 1.57 bits per heavy atom. The van der Waals surface area contributed by atoms with Crippen LogP contribution < -0.4 is 4.90 Å². The fourth-order valence-corrected chi connectivity index (χ4v) is 2.13. The smallest absolute Gasteiger partial charge is 0.0679 e. The summed E-state index contributed by atoms with van der Waals surface area (Å²) in [6.45, 7) is 0.811. The van der Waals surface area contributed by atoms with Crippen molar-refractivity contribution in [2.75, 3.05) is 18.5 Å². The largest absolute Gasteiger partial charge is 0.373 e. The van der Waals surface area contributed by atoms with Crippen LogP contribution in [0.3, 0.4) is 0 Å². The molecule has 0 aromatic heterocycles. The number of hydrogen-bond donors (Lipinski definition) is 0. The van der Waals surface area contributed by atoms with Gasteiger partial charge in [0.15, 0.2) is 0 Å². The normalized spacial score (nSPS) is 20.1. The van der Waals surface area contributed by atoms with E-state index >= 15 is 0 Å². The van der Waals surface area contributed by atoms with Gasteiger partial charge in [-0.3, -0.25) is 0 Å². The molecule has 14 heavy (non-hydrogen) atoms. The Bertz CT molecular complexity index is 395. The van der Waals surface area contributed by atoms with E-state index in [1.54, 1.807) is 0 Å². The molecule has 0 fully saturated rings. The van der Waals surface area contributed by atoms with Crippen LogP contribution in [0, 0.1) is 17.2 Å². The first-order valence-corrected chi connectivity index (χ1v) is 4.97. The highest BCUT2D eigenvalue weighted by atomic mass is 35.5. The molecule has 0 N–H and O–H groups in total. The fraction of sp³-hybridized carbons (Fsp3) is 0.364. The van der Waals surface area contributed by atoms with Gasteiger partial charge >= 0.3 is 0 Å². The molecule has 1 aromatic carbocycles. The SMILES string of the molecule is CN1CC(C#N)Cc2cc(Cl)ccc21. The van der Waals surface area contributed by atoms with Crippen molar-refractivity contribution < 1.29 is 0 Å². The van der Waals surface area contributed by atoms with Gasteiger partial charge in [0.2, 0.25) is 0 Å². The summed E-state index contributed by atoms with van der Waals surface area (Å²) in [4.78, 5) is 2.11. The van der Waals surface area contributed by atoms with Crippen LogP contribution in [0.5, 0.6) is 0 Å². The van der Waals surface area contributed by atoms with Gasteiger partial charge in [-0.2, -0.15) is 5.26 Å². The Hall–Kier alpha value is -1.20. The topological polar surface area (TPSA) is 27.0 Å². The number of halogens is 1. The highest BCUT2D eigenvalue weighted by Crippen LogP contribution is 2.30. The molecule has 2 nitrogen and oxygen atoms in total. The van der Waals surface area contributed by atoms with Crippen molar-refractivity contribution in [2.24, 2.45) is 5.92 Å². The second-order valence-corrected chi connectivity index (χ2v) is 4.12. The van der Waals surface area contributed by atoms with Gasteiger partial charge in [-0.1, -0.05) is 11.6 Å². The Kier molecular flexibility index (Phi) is 2.35. The Morgan fingerprint density at radius 2 is 2.36 bits per heavy atom. The maximum absolute atomic E-state index is 8.89. The lowest BCUT2D eigenvalue weighted by Gasteiger charge is -2.30. The third kappa shape index (κ3) is 1.56. The van der Waals surface area contributed by atoms with Gasteiger partial charge in [-0.15, -0.1) is 0 Å². The van der Waals surface area contributed by atoms with E-state index in [1.807, 2.05) is 25.2 Å². The molecule has 0 amide bonds. The molecule has 1 heterocycles. The van der Waals surface area contributed by atoms with Gasteiger partial charge in [0, 0.05) is 24.3 Å². The van der Waals surface area contributed by atoms with Crippen LogP contribution in [0.2, 0.25) is 5.02 Å². The molecular formula is C11H11ClN2. The number of hydrogen-bond acceptors (Lipinski definition) is 2. The molecule has 1 aliphatic heterocycles. The summed E-state index contributed by atoms with van der Waals surface area (Å²) in [6.07, 6.45) is 0.816. The molecular weight excluding hydrogens is 196 g/mol. The lowest BCUT2D eigenvalue weighted by atomic mass is 9.94. The van der Waals surface area contributed by atoms with Crippen LogP contribution in [0.15, 0.2) is 18.2 Å². The van der Waals surface area contributed by atoms with Crippen molar-refractivity contribution in [3.8, 4) is 6.07 Å². The zero-order valence-electron chi connectivity index (χ0n) is 8.00. The molecule has 0 saturated carbocycles. The Morgan fingerprint density at radius 3 is 3.07 bits per heavy atom. The summed E-state index contributed by atoms with van der Waals surface area (Å²) < 4.78 is 0. The third-order valence-corrected chi connectivity index (χ3v) is 2.83. The van der Waals surface area contributed by atoms with E-state index in [0.717, 1.165) is 18.0 Å². The first kappa shape index (κ1) is 9.36. The van der Waals surface area contributed by atoms with Crippen molar-refractivity contribution in [3.05, 3.63) is 28.8 Å². The number of fused-ring (bicyclic) bond motifs is 1. The molecule has 0 radical (unpaired) electrons.